The molecule has 0 bridgehead atoms. The van der Waals surface area contributed by atoms with Crippen LogP contribution in [0.2, 0.25) is 0 Å². The summed E-state index contributed by atoms with van der Waals surface area (Å²) in [6.07, 6.45) is 1.31. The Labute approximate surface area is 118 Å². The van der Waals surface area contributed by atoms with E-state index in [0.29, 0.717) is 6.42 Å². The van der Waals surface area contributed by atoms with E-state index in [0.717, 1.165) is 30.0 Å². The summed E-state index contributed by atoms with van der Waals surface area (Å²) in [5.74, 6) is 0.896. The van der Waals surface area contributed by atoms with E-state index in [2.05, 4.69) is 6.07 Å². The van der Waals surface area contributed by atoms with Crippen LogP contribution in [0.1, 0.15) is 11.1 Å². The number of rotatable bonds is 3. The molecule has 1 heterocycles. The normalized spacial score (nSPS) is 13.2. The third kappa shape index (κ3) is 2.27. The number of hydrogen-bond donors (Lipinski definition) is 0. The monoisotopic (exact) mass is 267 g/mol. The second kappa shape index (κ2) is 5.37. The predicted octanol–water partition coefficient (Wildman–Crippen LogP) is 2.83. The van der Waals surface area contributed by atoms with Crippen molar-refractivity contribution in [2.45, 2.75) is 12.8 Å². The summed E-state index contributed by atoms with van der Waals surface area (Å²) in [5.41, 5.74) is 3.23. The molecule has 0 spiro atoms. The highest BCUT2D eigenvalue weighted by atomic mass is 16.5. The van der Waals surface area contributed by atoms with E-state index in [1.807, 2.05) is 47.4 Å². The van der Waals surface area contributed by atoms with Crippen molar-refractivity contribution in [3.8, 4) is 5.75 Å². The van der Waals surface area contributed by atoms with Gasteiger partial charge in [-0.15, -0.1) is 0 Å². The van der Waals surface area contributed by atoms with E-state index in [9.17, 15) is 4.79 Å². The molecular weight excluding hydrogens is 250 g/mol. The first-order valence-electron chi connectivity index (χ1n) is 6.80. The first-order valence-corrected chi connectivity index (χ1v) is 6.80. The highest BCUT2D eigenvalue weighted by Crippen LogP contribution is 2.28. The van der Waals surface area contributed by atoms with Gasteiger partial charge in [-0.1, -0.05) is 36.4 Å². The van der Waals surface area contributed by atoms with Crippen LogP contribution in [0.4, 0.5) is 5.69 Å². The minimum atomic E-state index is 0.124. The molecule has 2 aromatic rings. The summed E-state index contributed by atoms with van der Waals surface area (Å²) < 4.78 is 5.31. The van der Waals surface area contributed by atoms with E-state index >= 15 is 0 Å². The fourth-order valence-electron chi connectivity index (χ4n) is 2.70. The van der Waals surface area contributed by atoms with Crippen LogP contribution >= 0.6 is 0 Å². The summed E-state index contributed by atoms with van der Waals surface area (Å²) in [4.78, 5) is 14.4. The van der Waals surface area contributed by atoms with E-state index in [1.165, 1.54) is 5.56 Å². The lowest BCUT2D eigenvalue weighted by atomic mass is 10.1. The lowest BCUT2D eigenvalue weighted by molar-refractivity contribution is -0.117. The number of carbonyl (C=O) groups is 1. The highest BCUT2D eigenvalue weighted by molar-refractivity contribution is 5.97. The van der Waals surface area contributed by atoms with Crippen molar-refractivity contribution >= 4 is 11.6 Å². The van der Waals surface area contributed by atoms with Crippen molar-refractivity contribution in [1.82, 2.24) is 0 Å². The zero-order chi connectivity index (χ0) is 13.9. The van der Waals surface area contributed by atoms with Gasteiger partial charge in [-0.2, -0.15) is 0 Å². The van der Waals surface area contributed by atoms with Gasteiger partial charge in [-0.3, -0.25) is 4.79 Å². The third-order valence-corrected chi connectivity index (χ3v) is 3.72. The lowest BCUT2D eigenvalue weighted by Gasteiger charge is -2.18. The number of hydrogen-bond acceptors (Lipinski definition) is 2. The van der Waals surface area contributed by atoms with Crippen LogP contribution in [0.15, 0.2) is 48.5 Å². The van der Waals surface area contributed by atoms with Crippen molar-refractivity contribution in [3.05, 3.63) is 59.7 Å². The van der Waals surface area contributed by atoms with Crippen molar-refractivity contribution in [3.63, 3.8) is 0 Å². The first-order chi connectivity index (χ1) is 9.79. The molecule has 1 aliphatic rings. The Kier molecular flexibility index (Phi) is 3.42. The lowest BCUT2D eigenvalue weighted by Crippen LogP contribution is -2.30. The minimum absolute atomic E-state index is 0.124. The van der Waals surface area contributed by atoms with E-state index in [-0.39, 0.29) is 5.91 Å². The molecule has 0 saturated carbocycles. The van der Waals surface area contributed by atoms with Gasteiger partial charge in [0.25, 0.3) is 0 Å². The Balaban J connectivity index is 1.81. The minimum Gasteiger partial charge on any atom is -0.496 e. The number of ether oxygens (including phenoxy) is 1. The van der Waals surface area contributed by atoms with Gasteiger partial charge < -0.3 is 9.64 Å². The number of fused-ring (bicyclic) bond motifs is 1. The molecule has 102 valence electrons. The van der Waals surface area contributed by atoms with Gasteiger partial charge in [-0.25, -0.2) is 0 Å². The van der Waals surface area contributed by atoms with Gasteiger partial charge in [0, 0.05) is 17.8 Å². The SMILES string of the molecule is COc1ccccc1CC(=O)N1CCc2ccccc21. The summed E-state index contributed by atoms with van der Waals surface area (Å²) >= 11 is 0. The highest BCUT2D eigenvalue weighted by Gasteiger charge is 2.24. The zero-order valence-electron chi connectivity index (χ0n) is 11.5. The van der Waals surface area contributed by atoms with Gasteiger partial charge >= 0.3 is 0 Å². The van der Waals surface area contributed by atoms with Crippen LogP contribution in [-0.2, 0) is 17.6 Å². The quantitative estimate of drug-likeness (QED) is 0.856. The molecule has 1 amide bonds. The number of nitrogens with zero attached hydrogens (tertiary/aromatic N) is 1. The van der Waals surface area contributed by atoms with E-state index < -0.39 is 0 Å². The van der Waals surface area contributed by atoms with Crippen LogP contribution in [0.3, 0.4) is 0 Å². The molecule has 0 fully saturated rings. The second-order valence-corrected chi connectivity index (χ2v) is 4.91. The van der Waals surface area contributed by atoms with E-state index in [1.54, 1.807) is 7.11 Å². The molecule has 20 heavy (non-hydrogen) atoms. The molecular formula is C17H17NO2. The van der Waals surface area contributed by atoms with Crippen LogP contribution in [0, 0.1) is 0 Å². The number of anilines is 1. The Hall–Kier alpha value is -2.29. The maximum Gasteiger partial charge on any atom is 0.231 e. The molecule has 0 atom stereocenters. The zero-order valence-corrected chi connectivity index (χ0v) is 11.5. The van der Waals surface area contributed by atoms with Crippen molar-refractivity contribution in [1.29, 1.82) is 0 Å². The van der Waals surface area contributed by atoms with Crippen molar-refractivity contribution in [2.24, 2.45) is 0 Å². The average Bonchev–Trinajstić information content (AvgIpc) is 2.92. The van der Waals surface area contributed by atoms with Gasteiger partial charge in [0.15, 0.2) is 0 Å². The van der Waals surface area contributed by atoms with Crippen LogP contribution in [0.5, 0.6) is 5.75 Å². The Morgan fingerprint density at radius 2 is 1.90 bits per heavy atom. The molecule has 0 N–H and O–H groups in total. The molecule has 0 aromatic heterocycles. The Morgan fingerprint density at radius 3 is 2.75 bits per heavy atom. The van der Waals surface area contributed by atoms with Crippen LogP contribution in [0.25, 0.3) is 0 Å². The molecule has 3 rings (SSSR count). The molecule has 1 aliphatic heterocycles. The van der Waals surface area contributed by atoms with Gasteiger partial charge in [0.05, 0.1) is 13.5 Å². The summed E-state index contributed by atoms with van der Waals surface area (Å²) in [5, 5.41) is 0. The molecule has 0 radical (unpaired) electrons. The van der Waals surface area contributed by atoms with Crippen LogP contribution < -0.4 is 9.64 Å². The maximum atomic E-state index is 12.5. The summed E-state index contributed by atoms with van der Waals surface area (Å²) in [7, 11) is 1.63. The smallest absolute Gasteiger partial charge is 0.231 e. The fourth-order valence-corrected chi connectivity index (χ4v) is 2.70. The van der Waals surface area contributed by atoms with Gasteiger partial charge in [-0.05, 0) is 24.1 Å². The van der Waals surface area contributed by atoms with Crippen molar-refractivity contribution < 1.29 is 9.53 Å². The molecule has 0 unspecified atom stereocenters. The van der Waals surface area contributed by atoms with Crippen molar-refractivity contribution in [2.75, 3.05) is 18.6 Å². The first kappa shape index (κ1) is 12.7. The maximum absolute atomic E-state index is 12.5. The standard InChI is InChI=1S/C17H17NO2/c1-20-16-9-5-3-7-14(16)12-17(19)18-11-10-13-6-2-4-8-15(13)18/h2-9H,10-12H2,1H3. The van der Waals surface area contributed by atoms with Crippen LogP contribution in [-0.4, -0.2) is 19.6 Å². The van der Waals surface area contributed by atoms with Gasteiger partial charge in [0.1, 0.15) is 5.75 Å². The molecule has 0 saturated heterocycles. The second-order valence-electron chi connectivity index (χ2n) is 4.91. The number of amides is 1. The fraction of sp³-hybridized carbons (Fsp3) is 0.235. The number of para-hydroxylation sites is 2. The molecule has 2 aromatic carbocycles. The predicted molar refractivity (Wildman–Crippen MR) is 79.2 cm³/mol. The number of methoxy groups -OCH3 is 1. The topological polar surface area (TPSA) is 29.5 Å². The molecule has 3 heteroatoms. The average molecular weight is 267 g/mol. The Morgan fingerprint density at radius 1 is 1.15 bits per heavy atom. The van der Waals surface area contributed by atoms with E-state index in [4.69, 9.17) is 4.74 Å². The Bertz CT molecular complexity index is 636. The largest absolute Gasteiger partial charge is 0.496 e. The molecule has 3 nitrogen and oxygen atoms in total. The van der Waals surface area contributed by atoms with Gasteiger partial charge in [0.2, 0.25) is 5.91 Å². The number of carbonyl (C=O) groups excluding carboxylic acids is 1. The molecule has 0 aliphatic carbocycles. The summed E-state index contributed by atoms with van der Waals surface area (Å²) in [6.45, 7) is 0.771. The third-order valence-electron chi connectivity index (χ3n) is 3.72. The summed E-state index contributed by atoms with van der Waals surface area (Å²) in [6, 6.07) is 15.8. The number of benzene rings is 2.